The summed E-state index contributed by atoms with van der Waals surface area (Å²) in [7, 11) is 0. The fraction of sp³-hybridized carbons (Fsp3) is 0.657. The van der Waals surface area contributed by atoms with Gasteiger partial charge in [-0.3, -0.25) is 5.32 Å². The van der Waals surface area contributed by atoms with Crippen molar-refractivity contribution < 1.29 is 0 Å². The smallest absolute Gasteiger partial charge is 0.0685 e. The largest absolute Gasteiger partial charge is 0.358 e. The molecule has 1 N–H and O–H groups in total. The zero-order chi connectivity index (χ0) is 25.7. The van der Waals surface area contributed by atoms with Crippen LogP contribution in [-0.4, -0.2) is 13.2 Å². The second kappa shape index (κ2) is 7.44. The third kappa shape index (κ3) is 2.45. The Morgan fingerprint density at radius 2 is 1.19 bits per heavy atom. The van der Waals surface area contributed by atoms with Crippen LogP contribution in [0.2, 0.25) is 0 Å². The average Bonchev–Trinajstić information content (AvgIpc) is 3.31. The summed E-state index contributed by atoms with van der Waals surface area (Å²) in [4.78, 5) is 2.72. The Bertz CT molecular complexity index is 1360. The molecule has 2 nitrogen and oxygen atoms in total. The summed E-state index contributed by atoms with van der Waals surface area (Å²) in [6.45, 7) is 22.9. The van der Waals surface area contributed by atoms with Crippen LogP contribution in [0.3, 0.4) is 0 Å². The Morgan fingerprint density at radius 1 is 0.703 bits per heavy atom. The minimum Gasteiger partial charge on any atom is -0.358 e. The minimum absolute atomic E-state index is 0.750. The molecule has 0 aromatic heterocycles. The van der Waals surface area contributed by atoms with Crippen LogP contribution in [0.1, 0.15) is 144 Å². The van der Waals surface area contributed by atoms with Crippen LogP contribution in [-0.2, 0) is 6.54 Å². The molecule has 0 saturated heterocycles. The van der Waals surface area contributed by atoms with E-state index in [1.807, 2.05) is 11.1 Å². The van der Waals surface area contributed by atoms with Crippen LogP contribution in [0.15, 0.2) is 0 Å². The van der Waals surface area contributed by atoms with E-state index in [0.717, 1.165) is 66.5 Å². The summed E-state index contributed by atoms with van der Waals surface area (Å²) in [5.74, 6) is 7.41. The molecule has 8 atom stereocenters. The molecule has 2 aromatic carbocycles. The first-order valence-electron chi connectivity index (χ1n) is 15.6. The number of benzene rings is 2. The van der Waals surface area contributed by atoms with Crippen LogP contribution in [0.4, 0.5) is 5.69 Å². The molecule has 2 heteroatoms. The van der Waals surface area contributed by atoms with Crippen molar-refractivity contribution in [1.29, 1.82) is 0 Å². The van der Waals surface area contributed by atoms with Crippen molar-refractivity contribution in [3.63, 3.8) is 0 Å². The molecule has 8 rings (SSSR count). The molecule has 2 bridgehead atoms. The van der Waals surface area contributed by atoms with Gasteiger partial charge in [-0.1, -0.05) is 40.5 Å². The Balaban J connectivity index is 1.22. The summed E-state index contributed by atoms with van der Waals surface area (Å²) in [6.07, 6.45) is 4.03. The third-order valence-electron chi connectivity index (χ3n) is 13.1. The molecule has 6 aliphatic rings. The molecule has 37 heavy (non-hydrogen) atoms. The number of nitrogens with one attached hydrogen (secondary N) is 1. The minimum atomic E-state index is 0.750. The number of rotatable bonds is 4. The van der Waals surface area contributed by atoms with Gasteiger partial charge in [0.25, 0.3) is 0 Å². The predicted octanol–water partition coefficient (Wildman–Crippen LogP) is 8.16. The van der Waals surface area contributed by atoms with Gasteiger partial charge in [-0.25, -0.2) is 0 Å². The van der Waals surface area contributed by atoms with Gasteiger partial charge in [0, 0.05) is 18.8 Å². The van der Waals surface area contributed by atoms with E-state index in [1.165, 1.54) is 25.8 Å². The molecule has 2 saturated carbocycles. The number of hydrogen-bond acceptors (Lipinski definition) is 2. The standard InChI is InChI=1S/C35H46N2/c1-9-21(10-2)13-37-14-36-12-24-17(5)27-30(20(8)35(24)37)34-23-11-22(31(27)34)32-28-18(6)25-15(3)16(4)26(25)19(7)29(28)33(23)32/h15-16,21-23,31-34,36H,9-14H2,1-8H3. The summed E-state index contributed by atoms with van der Waals surface area (Å²) in [5.41, 5.74) is 20.7. The van der Waals surface area contributed by atoms with E-state index in [0.29, 0.717) is 0 Å². The molecule has 0 amide bonds. The molecule has 5 aliphatic carbocycles. The van der Waals surface area contributed by atoms with E-state index in [-0.39, 0.29) is 0 Å². The fourth-order valence-corrected chi connectivity index (χ4v) is 11.3. The molecule has 0 spiro atoms. The van der Waals surface area contributed by atoms with Crippen molar-refractivity contribution in [3.05, 3.63) is 61.2 Å². The van der Waals surface area contributed by atoms with Gasteiger partial charge < -0.3 is 4.90 Å². The van der Waals surface area contributed by atoms with Crippen LogP contribution in [0.25, 0.3) is 0 Å². The summed E-state index contributed by atoms with van der Waals surface area (Å²) >= 11 is 0. The molecule has 1 aliphatic heterocycles. The van der Waals surface area contributed by atoms with E-state index >= 15 is 0 Å². The van der Waals surface area contributed by atoms with Crippen molar-refractivity contribution in [2.45, 2.75) is 117 Å². The fourth-order valence-electron chi connectivity index (χ4n) is 11.3. The van der Waals surface area contributed by atoms with Crippen molar-refractivity contribution in [3.8, 4) is 0 Å². The maximum Gasteiger partial charge on any atom is 0.0685 e. The number of anilines is 1. The lowest BCUT2D eigenvalue weighted by atomic mass is 9.46. The van der Waals surface area contributed by atoms with Crippen LogP contribution < -0.4 is 10.2 Å². The molecular formula is C35H46N2. The van der Waals surface area contributed by atoms with Gasteiger partial charge >= 0.3 is 0 Å². The van der Waals surface area contributed by atoms with Gasteiger partial charge in [-0.2, -0.15) is 0 Å². The van der Waals surface area contributed by atoms with Crippen molar-refractivity contribution in [2.24, 2.45) is 17.8 Å². The molecule has 1 heterocycles. The molecule has 2 aromatic rings. The molecule has 0 radical (unpaired) electrons. The van der Waals surface area contributed by atoms with Crippen molar-refractivity contribution >= 4 is 5.69 Å². The maximum atomic E-state index is 3.78. The maximum absolute atomic E-state index is 3.78. The predicted molar refractivity (Wildman–Crippen MR) is 154 cm³/mol. The first-order valence-corrected chi connectivity index (χ1v) is 15.6. The van der Waals surface area contributed by atoms with E-state index < -0.39 is 0 Å². The van der Waals surface area contributed by atoms with Crippen molar-refractivity contribution in [1.82, 2.24) is 5.32 Å². The second-order valence-corrected chi connectivity index (χ2v) is 14.0. The van der Waals surface area contributed by atoms with Crippen LogP contribution in [0, 0.1) is 45.4 Å². The van der Waals surface area contributed by atoms with Gasteiger partial charge in [-0.05, 0) is 149 Å². The average molecular weight is 495 g/mol. The zero-order valence-electron chi connectivity index (χ0n) is 24.4. The monoisotopic (exact) mass is 494 g/mol. The zero-order valence-corrected chi connectivity index (χ0v) is 24.4. The van der Waals surface area contributed by atoms with Crippen LogP contribution in [0.5, 0.6) is 0 Å². The summed E-state index contributed by atoms with van der Waals surface area (Å²) in [6, 6.07) is 0. The number of nitrogens with zero attached hydrogens (tertiary/aromatic N) is 1. The first kappa shape index (κ1) is 23.1. The summed E-state index contributed by atoms with van der Waals surface area (Å²) < 4.78 is 0. The highest BCUT2D eigenvalue weighted by Crippen LogP contribution is 2.81. The Kier molecular flexibility index (Phi) is 4.65. The molecule has 196 valence electrons. The van der Waals surface area contributed by atoms with Gasteiger partial charge in [-0.15, -0.1) is 0 Å². The normalized spacial score (nSPS) is 35.1. The van der Waals surface area contributed by atoms with E-state index in [1.54, 1.807) is 55.8 Å². The first-order chi connectivity index (χ1) is 17.8. The van der Waals surface area contributed by atoms with Gasteiger partial charge in [0.15, 0.2) is 0 Å². The van der Waals surface area contributed by atoms with E-state index in [2.05, 4.69) is 65.6 Å². The van der Waals surface area contributed by atoms with Gasteiger partial charge in [0.05, 0.1) is 6.67 Å². The van der Waals surface area contributed by atoms with Gasteiger partial charge in [0.1, 0.15) is 0 Å². The third-order valence-corrected chi connectivity index (χ3v) is 13.1. The molecule has 8 unspecified atom stereocenters. The SMILES string of the molecule is CCC(CC)CN1CNCc2c(C)c3c(c(C)c21)C1C2CC(C31)C1c3c(C)c4c(c(C)c3C21)C(C)C4C. The van der Waals surface area contributed by atoms with Crippen LogP contribution >= 0.6 is 0 Å². The lowest BCUT2D eigenvalue weighted by Crippen LogP contribution is -2.47. The van der Waals surface area contributed by atoms with E-state index in [4.69, 9.17) is 0 Å². The van der Waals surface area contributed by atoms with E-state index in [9.17, 15) is 0 Å². The second-order valence-electron chi connectivity index (χ2n) is 14.0. The highest BCUT2D eigenvalue weighted by Gasteiger charge is 2.69. The highest BCUT2D eigenvalue weighted by molar-refractivity contribution is 5.75. The number of hydrogen-bond donors (Lipinski definition) is 1. The lowest BCUT2D eigenvalue weighted by Gasteiger charge is -2.58. The lowest BCUT2D eigenvalue weighted by molar-refractivity contribution is 0.224. The molecular weight excluding hydrogens is 448 g/mol. The van der Waals surface area contributed by atoms with Gasteiger partial charge in [0.2, 0.25) is 0 Å². The Morgan fingerprint density at radius 3 is 1.70 bits per heavy atom. The quantitative estimate of drug-likeness (QED) is 0.431. The molecule has 2 fully saturated rings. The summed E-state index contributed by atoms with van der Waals surface area (Å²) in [5, 5.41) is 3.78. The number of fused-ring (bicyclic) bond motifs is 16. The van der Waals surface area contributed by atoms with Crippen molar-refractivity contribution in [2.75, 3.05) is 18.1 Å². The topological polar surface area (TPSA) is 15.3 Å². The Labute approximate surface area is 224 Å². The highest BCUT2D eigenvalue weighted by atomic mass is 15.2. The Hall–Kier alpha value is -1.80.